The van der Waals surface area contributed by atoms with E-state index in [0.29, 0.717) is 5.56 Å². The Hall–Kier alpha value is -2.82. The van der Waals surface area contributed by atoms with E-state index in [2.05, 4.69) is 15.0 Å². The van der Waals surface area contributed by atoms with Gasteiger partial charge in [-0.15, -0.1) is 0 Å². The molecule has 2 atom stereocenters. The first kappa shape index (κ1) is 24.4. The van der Waals surface area contributed by atoms with Gasteiger partial charge in [0.2, 0.25) is 5.91 Å². The predicted molar refractivity (Wildman–Crippen MR) is 98.1 cm³/mol. The van der Waals surface area contributed by atoms with Gasteiger partial charge >= 0.3 is 12.4 Å². The Morgan fingerprint density at radius 1 is 1.10 bits per heavy atom. The number of rotatable bonds is 8. The number of aliphatic hydroxyl groups is 1. The quantitative estimate of drug-likeness (QED) is 0.591. The maximum absolute atomic E-state index is 12.6. The zero-order valence-electron chi connectivity index (χ0n) is 16.3. The molecule has 2 aromatic rings. The topological polar surface area (TPSA) is 71.5 Å². The van der Waals surface area contributed by atoms with E-state index in [4.69, 9.17) is 0 Å². The molecule has 1 heterocycles. The van der Waals surface area contributed by atoms with Gasteiger partial charge in [-0.3, -0.25) is 9.78 Å². The summed E-state index contributed by atoms with van der Waals surface area (Å²) >= 11 is 0. The number of nitrogens with one attached hydrogen (secondary N) is 1. The Morgan fingerprint density at radius 2 is 1.74 bits per heavy atom. The molecule has 0 saturated heterocycles. The summed E-state index contributed by atoms with van der Waals surface area (Å²) in [6, 6.07) is 5.98. The molecule has 1 aromatic carbocycles. The molecule has 0 aliphatic carbocycles. The molecular weight excluding hydrogens is 430 g/mol. The SMILES string of the molecule is CC(O)CC(NC(=O)Cc1ccc(C(F)(F)F)cc1)c1ccc(OCC(F)(F)F)cn1. The van der Waals surface area contributed by atoms with Crippen LogP contribution in [0.25, 0.3) is 0 Å². The fraction of sp³-hybridized carbons (Fsp3) is 0.400. The average Bonchev–Trinajstić information content (AvgIpc) is 2.65. The van der Waals surface area contributed by atoms with Crippen LogP contribution >= 0.6 is 0 Å². The third-order valence-corrected chi connectivity index (χ3v) is 4.08. The van der Waals surface area contributed by atoms with Gasteiger partial charge in [-0.25, -0.2) is 0 Å². The molecule has 31 heavy (non-hydrogen) atoms. The second-order valence-corrected chi connectivity index (χ2v) is 6.90. The minimum absolute atomic E-state index is 0.0640. The van der Waals surface area contributed by atoms with Crippen LogP contribution in [-0.2, 0) is 17.4 Å². The molecule has 1 amide bonds. The van der Waals surface area contributed by atoms with Gasteiger partial charge in [0.05, 0.1) is 36.0 Å². The van der Waals surface area contributed by atoms with Crippen molar-refractivity contribution in [2.75, 3.05) is 6.61 Å². The van der Waals surface area contributed by atoms with E-state index >= 15 is 0 Å². The third kappa shape index (κ3) is 8.44. The molecular formula is C20H20F6N2O3. The van der Waals surface area contributed by atoms with Crippen LogP contribution in [0.4, 0.5) is 26.3 Å². The Bertz CT molecular complexity index is 849. The number of benzene rings is 1. The highest BCUT2D eigenvalue weighted by Crippen LogP contribution is 2.29. The van der Waals surface area contributed by atoms with Crippen molar-refractivity contribution in [3.8, 4) is 5.75 Å². The lowest BCUT2D eigenvalue weighted by molar-refractivity contribution is -0.153. The molecule has 0 bridgehead atoms. The molecule has 1 aromatic heterocycles. The van der Waals surface area contributed by atoms with Crippen LogP contribution < -0.4 is 10.1 Å². The van der Waals surface area contributed by atoms with Crippen molar-refractivity contribution < 1.29 is 41.0 Å². The fourth-order valence-corrected chi connectivity index (χ4v) is 2.69. The van der Waals surface area contributed by atoms with Crippen molar-refractivity contribution >= 4 is 5.91 Å². The minimum Gasteiger partial charge on any atom is -0.483 e. The lowest BCUT2D eigenvalue weighted by Gasteiger charge is -2.20. The molecule has 0 fully saturated rings. The number of halogens is 6. The van der Waals surface area contributed by atoms with Crippen molar-refractivity contribution in [1.29, 1.82) is 0 Å². The summed E-state index contributed by atoms with van der Waals surface area (Å²) in [6.07, 6.45) is -8.89. The van der Waals surface area contributed by atoms with Crippen LogP contribution in [0.3, 0.4) is 0 Å². The molecule has 5 nitrogen and oxygen atoms in total. The number of hydrogen-bond acceptors (Lipinski definition) is 4. The highest BCUT2D eigenvalue weighted by Gasteiger charge is 2.30. The van der Waals surface area contributed by atoms with Crippen molar-refractivity contribution in [3.63, 3.8) is 0 Å². The number of carbonyl (C=O) groups excluding carboxylic acids is 1. The van der Waals surface area contributed by atoms with E-state index in [1.54, 1.807) is 0 Å². The molecule has 2 N–H and O–H groups in total. The molecule has 170 valence electrons. The standard InChI is InChI=1S/C20H20F6N2O3/c1-12(29)8-17(16-7-6-15(10-27-16)31-11-19(21,22)23)28-18(30)9-13-2-4-14(5-3-13)20(24,25)26/h2-7,10,12,17,29H,8-9,11H2,1H3,(H,28,30). The summed E-state index contributed by atoms with van der Waals surface area (Å²) in [5.74, 6) is -0.641. The van der Waals surface area contributed by atoms with E-state index in [9.17, 15) is 36.2 Å². The molecule has 2 unspecified atom stereocenters. The van der Waals surface area contributed by atoms with Gasteiger partial charge in [0.1, 0.15) is 5.75 Å². The number of aromatic nitrogens is 1. The fourth-order valence-electron chi connectivity index (χ4n) is 2.69. The van der Waals surface area contributed by atoms with Crippen LogP contribution in [0.1, 0.15) is 36.2 Å². The molecule has 11 heteroatoms. The maximum atomic E-state index is 12.6. The summed E-state index contributed by atoms with van der Waals surface area (Å²) in [5, 5.41) is 12.3. The lowest BCUT2D eigenvalue weighted by atomic mass is 10.0. The van der Waals surface area contributed by atoms with Gasteiger partial charge in [-0.1, -0.05) is 12.1 Å². The second kappa shape index (κ2) is 9.99. The van der Waals surface area contributed by atoms with Gasteiger partial charge in [-0.05, 0) is 43.2 Å². The minimum atomic E-state index is -4.50. The van der Waals surface area contributed by atoms with Crippen molar-refractivity contribution in [2.45, 2.75) is 44.3 Å². The number of ether oxygens (including phenoxy) is 1. The Balaban J connectivity index is 2.04. The van der Waals surface area contributed by atoms with Crippen molar-refractivity contribution in [3.05, 3.63) is 59.4 Å². The normalized spacial score (nSPS) is 14.1. The van der Waals surface area contributed by atoms with Gasteiger partial charge < -0.3 is 15.2 Å². The maximum Gasteiger partial charge on any atom is 0.422 e. The van der Waals surface area contributed by atoms with Gasteiger partial charge in [0.15, 0.2) is 6.61 Å². The zero-order chi connectivity index (χ0) is 23.2. The van der Waals surface area contributed by atoms with E-state index in [1.807, 2.05) is 0 Å². The Labute approximate surface area is 174 Å². The van der Waals surface area contributed by atoms with Crippen molar-refractivity contribution in [1.82, 2.24) is 10.3 Å². The Kier molecular flexibility index (Phi) is 7.88. The van der Waals surface area contributed by atoms with Crippen LogP contribution in [-0.4, -0.2) is 34.9 Å². The second-order valence-electron chi connectivity index (χ2n) is 6.90. The van der Waals surface area contributed by atoms with E-state index < -0.39 is 42.6 Å². The number of hydrogen-bond donors (Lipinski definition) is 2. The van der Waals surface area contributed by atoms with E-state index in [-0.39, 0.29) is 24.3 Å². The smallest absolute Gasteiger partial charge is 0.422 e. The summed E-state index contributed by atoms with van der Waals surface area (Å²) in [4.78, 5) is 16.3. The van der Waals surface area contributed by atoms with Crippen LogP contribution in [0, 0.1) is 0 Å². The first-order chi connectivity index (χ1) is 14.3. The largest absolute Gasteiger partial charge is 0.483 e. The number of aliphatic hydroxyl groups excluding tert-OH is 1. The molecule has 0 radical (unpaired) electrons. The van der Waals surface area contributed by atoms with Gasteiger partial charge in [0.25, 0.3) is 0 Å². The molecule has 2 rings (SSSR count). The number of amides is 1. The zero-order valence-corrected chi connectivity index (χ0v) is 16.3. The first-order valence-corrected chi connectivity index (χ1v) is 9.12. The average molecular weight is 450 g/mol. The Morgan fingerprint density at radius 3 is 2.23 bits per heavy atom. The summed E-state index contributed by atoms with van der Waals surface area (Å²) in [6.45, 7) is 0.00478. The highest BCUT2D eigenvalue weighted by atomic mass is 19.4. The lowest BCUT2D eigenvalue weighted by Crippen LogP contribution is -2.32. The first-order valence-electron chi connectivity index (χ1n) is 9.12. The van der Waals surface area contributed by atoms with Crippen LogP contribution in [0.2, 0.25) is 0 Å². The molecule has 0 aliphatic rings. The number of nitrogens with zero attached hydrogens (tertiary/aromatic N) is 1. The van der Waals surface area contributed by atoms with E-state index in [0.717, 1.165) is 18.3 Å². The number of alkyl halides is 6. The number of carbonyl (C=O) groups is 1. The van der Waals surface area contributed by atoms with Crippen LogP contribution in [0.5, 0.6) is 5.75 Å². The molecule has 0 saturated carbocycles. The van der Waals surface area contributed by atoms with E-state index in [1.165, 1.54) is 31.2 Å². The van der Waals surface area contributed by atoms with Gasteiger partial charge in [-0.2, -0.15) is 26.3 Å². The monoisotopic (exact) mass is 450 g/mol. The third-order valence-electron chi connectivity index (χ3n) is 4.08. The molecule has 0 spiro atoms. The molecule has 0 aliphatic heterocycles. The van der Waals surface area contributed by atoms with Gasteiger partial charge in [0, 0.05) is 0 Å². The summed E-state index contributed by atoms with van der Waals surface area (Å²) in [5.41, 5.74) is -0.202. The van der Waals surface area contributed by atoms with Crippen molar-refractivity contribution in [2.24, 2.45) is 0 Å². The summed E-state index contributed by atoms with van der Waals surface area (Å²) < 4.78 is 79.1. The summed E-state index contributed by atoms with van der Waals surface area (Å²) in [7, 11) is 0. The number of pyridine rings is 1. The predicted octanol–water partition coefficient (Wildman–Crippen LogP) is 4.21. The van der Waals surface area contributed by atoms with Crippen LogP contribution in [0.15, 0.2) is 42.6 Å². The highest BCUT2D eigenvalue weighted by molar-refractivity contribution is 5.79.